The number of rotatable bonds is 24. The third-order valence-electron chi connectivity index (χ3n) is 18.6. The molecule has 3 aliphatic rings. The largest absolute Gasteiger partial charge is 0.378 e. The van der Waals surface area contributed by atoms with Gasteiger partial charge in [-0.15, -0.1) is 0 Å². The zero-order valence-corrected chi connectivity index (χ0v) is 63.3. The number of halogens is 6. The van der Waals surface area contributed by atoms with Gasteiger partial charge in [0.05, 0.1) is 109 Å². The van der Waals surface area contributed by atoms with Gasteiger partial charge in [0.15, 0.2) is 0 Å². The summed E-state index contributed by atoms with van der Waals surface area (Å²) < 4.78 is 99.2. The van der Waals surface area contributed by atoms with Crippen LogP contribution in [0.25, 0.3) is 33.1 Å². The standard InChI is InChI=1S/3C26H32F2N6O2/c3*1-17(30-21-14-19(27)13-20(28)15-21)22-11-18(26(35)33(4)6-5-32(2)3)12-23-25(22)31-24(16-29-23)34-7-9-36-10-8-34/h3*11-17,30H,5-10H2,1-4H3. The highest BCUT2D eigenvalue weighted by Gasteiger charge is 2.27. The lowest BCUT2D eigenvalue weighted by Gasteiger charge is -2.28. The minimum Gasteiger partial charge on any atom is -0.378 e. The third-order valence-corrected chi connectivity index (χ3v) is 18.6. The van der Waals surface area contributed by atoms with Crippen LogP contribution in [0.2, 0.25) is 0 Å². The highest BCUT2D eigenvalue weighted by atomic mass is 19.2. The molecule has 0 radical (unpaired) electrons. The Bertz CT molecular complexity index is 4090. The van der Waals surface area contributed by atoms with E-state index in [2.05, 4.69) is 45.6 Å². The first kappa shape index (κ1) is 80.4. The summed E-state index contributed by atoms with van der Waals surface area (Å²) in [6.45, 7) is 17.4. The number of amides is 3. The summed E-state index contributed by atoms with van der Waals surface area (Å²) in [4.78, 5) is 85.7. The van der Waals surface area contributed by atoms with Gasteiger partial charge in [0.2, 0.25) is 0 Å². The Morgan fingerprint density at radius 3 is 0.815 bits per heavy atom. The quantitative estimate of drug-likeness (QED) is 0.0479. The molecular weight excluding hydrogens is 1400 g/mol. The number of nitrogens with zero attached hydrogens (tertiary/aromatic N) is 15. The first-order valence-electron chi connectivity index (χ1n) is 35.9. The molecule has 6 aromatic carbocycles. The highest BCUT2D eigenvalue weighted by molar-refractivity contribution is 6.00. The number of ether oxygens (including phenoxy) is 3. The molecule has 3 atom stereocenters. The first-order valence-corrected chi connectivity index (χ1v) is 35.9. The summed E-state index contributed by atoms with van der Waals surface area (Å²) in [6.07, 6.45) is 5.13. The predicted octanol–water partition coefficient (Wildman–Crippen LogP) is 10.7. The predicted molar refractivity (Wildman–Crippen MR) is 409 cm³/mol. The molecular formula is C78H96F6N18O6. The minimum atomic E-state index is -0.671. The van der Waals surface area contributed by atoms with Crippen LogP contribution in [-0.4, -0.2) is 259 Å². The molecule has 3 amide bonds. The molecule has 576 valence electrons. The van der Waals surface area contributed by atoms with Crippen molar-refractivity contribution in [2.75, 3.05) is 212 Å². The monoisotopic (exact) mass is 1490 g/mol. The lowest BCUT2D eigenvalue weighted by Crippen LogP contribution is -2.36. The molecule has 3 unspecified atom stereocenters. The molecule has 3 aliphatic heterocycles. The molecule has 3 saturated heterocycles. The van der Waals surface area contributed by atoms with Crippen LogP contribution in [-0.2, 0) is 14.2 Å². The average molecular weight is 1500 g/mol. The van der Waals surface area contributed by atoms with E-state index in [1.165, 1.54) is 36.4 Å². The smallest absolute Gasteiger partial charge is 0.253 e. The number of hydrogen-bond acceptors (Lipinski definition) is 21. The van der Waals surface area contributed by atoms with Gasteiger partial charge in [-0.2, -0.15) is 0 Å². The van der Waals surface area contributed by atoms with Crippen molar-refractivity contribution >= 4 is 85.3 Å². The summed E-state index contributed by atoms with van der Waals surface area (Å²) in [5.41, 5.74) is 8.07. The van der Waals surface area contributed by atoms with E-state index in [0.717, 1.165) is 55.3 Å². The maximum absolute atomic E-state index is 13.8. The molecule has 0 spiro atoms. The normalized spacial score (nSPS) is 14.8. The number of nitrogens with one attached hydrogen (secondary N) is 3. The number of fused-ring (bicyclic) bond motifs is 3. The van der Waals surface area contributed by atoms with Crippen LogP contribution < -0.4 is 30.7 Å². The minimum absolute atomic E-state index is 0.136. The van der Waals surface area contributed by atoms with Crippen molar-refractivity contribution in [1.82, 2.24) is 59.3 Å². The molecule has 6 heterocycles. The molecule has 3 aromatic heterocycles. The number of aromatic nitrogens is 6. The second kappa shape index (κ2) is 37.1. The summed E-state index contributed by atoms with van der Waals surface area (Å²) in [7, 11) is 17.0. The zero-order chi connectivity index (χ0) is 77.5. The average Bonchev–Trinajstić information content (AvgIpc) is 0.787. The Morgan fingerprint density at radius 1 is 0.361 bits per heavy atom. The maximum atomic E-state index is 13.8. The number of anilines is 6. The van der Waals surface area contributed by atoms with E-state index >= 15 is 0 Å². The number of carbonyl (C=O) groups is 3. The summed E-state index contributed by atoms with van der Waals surface area (Å²) in [6, 6.07) is 19.3. The Balaban J connectivity index is 0.000000173. The van der Waals surface area contributed by atoms with Crippen molar-refractivity contribution in [3.05, 3.63) is 178 Å². The van der Waals surface area contributed by atoms with Crippen LogP contribution in [0.15, 0.2) is 110 Å². The van der Waals surface area contributed by atoms with Crippen LogP contribution >= 0.6 is 0 Å². The second-order valence-electron chi connectivity index (χ2n) is 27.9. The van der Waals surface area contributed by atoms with Crippen molar-refractivity contribution in [2.24, 2.45) is 0 Å². The molecule has 0 saturated carbocycles. The molecule has 108 heavy (non-hydrogen) atoms. The van der Waals surface area contributed by atoms with Gasteiger partial charge in [0.25, 0.3) is 17.7 Å². The number of hydrogen-bond donors (Lipinski definition) is 3. The molecule has 3 fully saturated rings. The Labute approximate surface area is 626 Å². The van der Waals surface area contributed by atoms with Gasteiger partial charge >= 0.3 is 0 Å². The SMILES string of the molecule is CC(Nc1cc(F)cc(F)c1)c1cc(C(=O)N(C)CCN(C)C)cc2ncc(N3CCOCC3)nc12.CC(Nc1cc(F)cc(F)c1)c1cc(C(=O)N(C)CCN(C)C)cc2ncc(N3CCOCC3)nc12.CC(Nc1cc(F)cc(F)c1)c1cc(C(=O)N(C)CCN(C)C)cc2ncc(N3CCOCC3)nc12. The van der Waals surface area contributed by atoms with Gasteiger partial charge in [0, 0.05) is 168 Å². The number of carbonyl (C=O) groups excluding carboxylic acids is 3. The molecule has 12 rings (SSSR count). The fourth-order valence-electron chi connectivity index (χ4n) is 12.5. The topological polar surface area (TPSA) is 221 Å². The van der Waals surface area contributed by atoms with Gasteiger partial charge < -0.3 is 74.3 Å². The van der Waals surface area contributed by atoms with Crippen molar-refractivity contribution < 1.29 is 54.9 Å². The van der Waals surface area contributed by atoms with Gasteiger partial charge in [0.1, 0.15) is 52.4 Å². The third kappa shape index (κ3) is 21.6. The van der Waals surface area contributed by atoms with Crippen molar-refractivity contribution in [3.8, 4) is 0 Å². The van der Waals surface area contributed by atoms with Crippen LogP contribution in [0.1, 0.15) is 86.7 Å². The molecule has 24 nitrogen and oxygen atoms in total. The maximum Gasteiger partial charge on any atom is 0.253 e. The van der Waals surface area contributed by atoms with Gasteiger partial charge in [-0.1, -0.05) is 0 Å². The fourth-order valence-corrected chi connectivity index (χ4v) is 12.5. The highest BCUT2D eigenvalue weighted by Crippen LogP contribution is 2.34. The van der Waals surface area contributed by atoms with Crippen molar-refractivity contribution in [1.29, 1.82) is 0 Å². The summed E-state index contributed by atoms with van der Waals surface area (Å²) in [5, 5.41) is 9.46. The van der Waals surface area contributed by atoms with Gasteiger partial charge in [-0.05, 0) is 136 Å². The van der Waals surface area contributed by atoms with Crippen LogP contribution in [0, 0.1) is 34.9 Å². The van der Waals surface area contributed by atoms with Gasteiger partial charge in [-0.25, -0.2) is 41.3 Å². The van der Waals surface area contributed by atoms with E-state index in [9.17, 15) is 40.7 Å². The number of benzene rings is 6. The summed E-state index contributed by atoms with van der Waals surface area (Å²) >= 11 is 0. The summed E-state index contributed by atoms with van der Waals surface area (Å²) in [5.74, 6) is -2.27. The Morgan fingerprint density at radius 2 is 0.593 bits per heavy atom. The van der Waals surface area contributed by atoms with E-state index in [1.54, 1.807) is 90.8 Å². The lowest BCUT2D eigenvalue weighted by atomic mass is 10.0. The van der Waals surface area contributed by atoms with Crippen LogP contribution in [0.5, 0.6) is 0 Å². The molecule has 30 heteroatoms. The lowest BCUT2D eigenvalue weighted by molar-refractivity contribution is 0.0779. The molecule has 0 bridgehead atoms. The fraction of sp³-hybridized carbons (Fsp3) is 0.423. The van der Waals surface area contributed by atoms with E-state index < -0.39 is 53.0 Å². The molecule has 3 N–H and O–H groups in total. The molecule has 9 aromatic rings. The van der Waals surface area contributed by atoms with Gasteiger partial charge in [-0.3, -0.25) is 29.3 Å². The van der Waals surface area contributed by atoms with E-state index in [1.807, 2.05) is 77.8 Å². The van der Waals surface area contributed by atoms with Crippen LogP contribution in [0.4, 0.5) is 60.9 Å². The Hall–Kier alpha value is -10.1. The van der Waals surface area contributed by atoms with Crippen LogP contribution in [0.3, 0.4) is 0 Å². The van der Waals surface area contributed by atoms with E-state index in [4.69, 9.17) is 29.2 Å². The zero-order valence-electron chi connectivity index (χ0n) is 63.3. The van der Waals surface area contributed by atoms with Crippen molar-refractivity contribution in [3.63, 3.8) is 0 Å². The first-order chi connectivity index (χ1) is 51.6. The Kier molecular flexibility index (Phi) is 27.7. The van der Waals surface area contributed by atoms with E-state index in [0.29, 0.717) is 182 Å². The number of morpholine rings is 3. The number of likely N-dealkylation sites (N-methyl/N-ethyl adjacent to an activating group) is 6. The second-order valence-corrected chi connectivity index (χ2v) is 27.9. The van der Waals surface area contributed by atoms with Crippen molar-refractivity contribution in [2.45, 2.75) is 38.9 Å². The van der Waals surface area contributed by atoms with E-state index in [-0.39, 0.29) is 17.7 Å². The molecule has 0 aliphatic carbocycles.